The van der Waals surface area contributed by atoms with E-state index in [9.17, 15) is 9.59 Å². The molecule has 3 atom stereocenters. The van der Waals surface area contributed by atoms with Gasteiger partial charge in [-0.05, 0) is 25.8 Å². The van der Waals surface area contributed by atoms with Crippen molar-refractivity contribution in [3.05, 3.63) is 34.8 Å². The molecule has 0 aliphatic heterocycles. The van der Waals surface area contributed by atoms with Crippen LogP contribution >= 0.6 is 0 Å². The summed E-state index contributed by atoms with van der Waals surface area (Å²) >= 11 is 0. The molecule has 0 fully saturated rings. The van der Waals surface area contributed by atoms with E-state index in [1.807, 2.05) is 26.8 Å². The summed E-state index contributed by atoms with van der Waals surface area (Å²) in [7, 11) is 1.64. The number of hydrogen-bond acceptors (Lipinski definition) is 5. The Hall–Kier alpha value is -1.88. The first kappa shape index (κ1) is 17.5. The lowest BCUT2D eigenvalue weighted by molar-refractivity contribution is -0.146. The van der Waals surface area contributed by atoms with Gasteiger partial charge in [0.25, 0.3) is 0 Å². The molecule has 0 amide bonds. The number of esters is 1. The summed E-state index contributed by atoms with van der Waals surface area (Å²) in [6, 6.07) is 0. The number of aryl methyl sites for hydroxylation is 1. The molecule has 1 aromatic rings. The number of methoxy groups -OCH3 is 1. The Bertz CT molecular complexity index is 625. The van der Waals surface area contributed by atoms with Crippen molar-refractivity contribution in [2.24, 2.45) is 5.92 Å². The molecule has 1 aliphatic rings. The molecule has 0 saturated carbocycles. The Kier molecular flexibility index (Phi) is 5.42. The van der Waals surface area contributed by atoms with Gasteiger partial charge in [-0.15, -0.1) is 0 Å². The largest absolute Gasteiger partial charge is 0.468 e. The monoisotopic (exact) mass is 320 g/mol. The molecule has 0 radical (unpaired) electrons. The molecule has 1 aliphatic carbocycles. The van der Waals surface area contributed by atoms with Gasteiger partial charge in [0, 0.05) is 26.4 Å². The minimum atomic E-state index is -0.827. The Labute approximate surface area is 136 Å². The van der Waals surface area contributed by atoms with E-state index >= 15 is 0 Å². The van der Waals surface area contributed by atoms with Crippen molar-refractivity contribution >= 4 is 11.8 Å². The molecule has 126 valence electrons. The zero-order chi connectivity index (χ0) is 17.1. The zero-order valence-electron chi connectivity index (χ0n) is 14.3. The average molecular weight is 320 g/mol. The van der Waals surface area contributed by atoms with Crippen molar-refractivity contribution in [1.82, 2.24) is 0 Å². The van der Waals surface area contributed by atoms with Crippen LogP contribution in [-0.2, 0) is 20.7 Å². The van der Waals surface area contributed by atoms with Gasteiger partial charge in [0.15, 0.2) is 6.10 Å². The number of carbonyl (C=O) groups excluding carboxylic acids is 2. The van der Waals surface area contributed by atoms with Crippen LogP contribution in [0.4, 0.5) is 0 Å². The van der Waals surface area contributed by atoms with Gasteiger partial charge in [-0.1, -0.05) is 18.6 Å². The number of carbonyl (C=O) groups is 2. The fraction of sp³-hybridized carbons (Fsp3) is 0.556. The molecular formula is C18H24O5. The van der Waals surface area contributed by atoms with Crippen LogP contribution in [0.15, 0.2) is 22.3 Å². The van der Waals surface area contributed by atoms with Crippen molar-refractivity contribution < 1.29 is 23.5 Å². The lowest BCUT2D eigenvalue weighted by Crippen LogP contribution is -2.35. The fourth-order valence-electron chi connectivity index (χ4n) is 3.06. The van der Waals surface area contributed by atoms with Crippen LogP contribution < -0.4 is 0 Å². The van der Waals surface area contributed by atoms with Crippen molar-refractivity contribution in [2.45, 2.75) is 52.7 Å². The Morgan fingerprint density at radius 2 is 2.04 bits per heavy atom. The van der Waals surface area contributed by atoms with Crippen molar-refractivity contribution in [2.75, 3.05) is 7.11 Å². The first-order chi connectivity index (χ1) is 10.8. The maximum Gasteiger partial charge on any atom is 0.303 e. The molecule has 0 saturated heterocycles. The minimum absolute atomic E-state index is 0.131. The predicted octanol–water partition coefficient (Wildman–Crippen LogP) is 3.25. The number of ketones is 1. The molecule has 2 rings (SSSR count). The highest BCUT2D eigenvalue weighted by molar-refractivity contribution is 6.02. The number of rotatable bonds is 2. The second kappa shape index (κ2) is 7.13. The first-order valence-corrected chi connectivity index (χ1v) is 7.82. The summed E-state index contributed by atoms with van der Waals surface area (Å²) in [6.45, 7) is 7.05. The Balaban J connectivity index is 2.50. The number of ether oxygens (including phenoxy) is 2. The smallest absolute Gasteiger partial charge is 0.303 e. The van der Waals surface area contributed by atoms with E-state index in [0.29, 0.717) is 24.2 Å². The highest BCUT2D eigenvalue weighted by atomic mass is 16.5. The van der Waals surface area contributed by atoms with Crippen LogP contribution in [0, 0.1) is 12.8 Å². The second-order valence-corrected chi connectivity index (χ2v) is 6.29. The SMILES string of the molecule is COC1/C=C(/C)Cc2occ(C)c2C(=O)C(OC(C)=O)C(C)C1. The van der Waals surface area contributed by atoms with Crippen LogP contribution in [0.3, 0.4) is 0 Å². The zero-order valence-corrected chi connectivity index (χ0v) is 14.3. The van der Waals surface area contributed by atoms with Gasteiger partial charge in [-0.2, -0.15) is 0 Å². The number of allylic oxidation sites excluding steroid dienone is 1. The van der Waals surface area contributed by atoms with E-state index in [-0.39, 0.29) is 17.8 Å². The number of hydrogen-bond donors (Lipinski definition) is 0. The van der Waals surface area contributed by atoms with Crippen molar-refractivity contribution in [3.63, 3.8) is 0 Å². The highest BCUT2D eigenvalue weighted by Gasteiger charge is 2.34. The summed E-state index contributed by atoms with van der Waals surface area (Å²) in [6.07, 6.45) is 3.80. The van der Waals surface area contributed by atoms with E-state index in [2.05, 4.69) is 0 Å². The molecule has 3 unspecified atom stereocenters. The van der Waals surface area contributed by atoms with Gasteiger partial charge in [0.1, 0.15) is 5.76 Å². The van der Waals surface area contributed by atoms with Gasteiger partial charge >= 0.3 is 5.97 Å². The molecule has 1 aromatic heterocycles. The molecule has 1 heterocycles. The normalized spacial score (nSPS) is 27.8. The predicted molar refractivity (Wildman–Crippen MR) is 85.4 cm³/mol. The van der Waals surface area contributed by atoms with E-state index in [1.165, 1.54) is 6.92 Å². The minimum Gasteiger partial charge on any atom is -0.468 e. The van der Waals surface area contributed by atoms with E-state index in [4.69, 9.17) is 13.9 Å². The van der Waals surface area contributed by atoms with Crippen LogP contribution in [0.5, 0.6) is 0 Å². The molecule has 23 heavy (non-hydrogen) atoms. The van der Waals surface area contributed by atoms with E-state index in [0.717, 1.165) is 11.1 Å². The van der Waals surface area contributed by atoms with Crippen LogP contribution in [0.1, 0.15) is 48.9 Å². The number of furan rings is 1. The fourth-order valence-corrected chi connectivity index (χ4v) is 3.06. The summed E-state index contributed by atoms with van der Waals surface area (Å²) in [5, 5.41) is 0. The number of Topliss-reactive ketones (excluding diaryl/α,β-unsaturated/α-hetero) is 1. The van der Waals surface area contributed by atoms with Gasteiger partial charge in [-0.25, -0.2) is 0 Å². The molecule has 0 N–H and O–H groups in total. The lowest BCUT2D eigenvalue weighted by Gasteiger charge is -2.26. The third kappa shape index (κ3) is 3.91. The van der Waals surface area contributed by atoms with E-state index < -0.39 is 12.1 Å². The molecule has 5 nitrogen and oxygen atoms in total. The standard InChI is InChI=1S/C18H24O5/c1-10-6-14(21-5)8-11(2)18(23-13(4)19)17(20)16-12(3)9-22-15(16)7-10/h6,9,11,14,18H,7-8H2,1-5H3/b10-6-. The number of fused-ring (bicyclic) bond motifs is 1. The summed E-state index contributed by atoms with van der Waals surface area (Å²) in [4.78, 5) is 24.4. The topological polar surface area (TPSA) is 65.7 Å². The first-order valence-electron chi connectivity index (χ1n) is 7.82. The second-order valence-electron chi connectivity index (χ2n) is 6.29. The summed E-state index contributed by atoms with van der Waals surface area (Å²) < 4.78 is 16.4. The van der Waals surface area contributed by atoms with Gasteiger partial charge < -0.3 is 13.9 Å². The van der Waals surface area contributed by atoms with Crippen molar-refractivity contribution in [1.29, 1.82) is 0 Å². The maximum absolute atomic E-state index is 13.0. The van der Waals surface area contributed by atoms with E-state index in [1.54, 1.807) is 13.4 Å². The molecular weight excluding hydrogens is 296 g/mol. The summed E-state index contributed by atoms with van der Waals surface area (Å²) in [5.41, 5.74) is 2.39. The lowest BCUT2D eigenvalue weighted by atomic mass is 9.87. The molecule has 0 spiro atoms. The molecule has 0 bridgehead atoms. The van der Waals surface area contributed by atoms with Crippen LogP contribution in [0.2, 0.25) is 0 Å². The van der Waals surface area contributed by atoms with Gasteiger partial charge in [0.2, 0.25) is 5.78 Å². The molecule has 5 heteroatoms. The highest BCUT2D eigenvalue weighted by Crippen LogP contribution is 2.28. The maximum atomic E-state index is 13.0. The van der Waals surface area contributed by atoms with Crippen molar-refractivity contribution in [3.8, 4) is 0 Å². The summed E-state index contributed by atoms with van der Waals surface area (Å²) in [5.74, 6) is -0.211. The average Bonchev–Trinajstić information content (AvgIpc) is 2.82. The van der Waals surface area contributed by atoms with Gasteiger partial charge in [0.05, 0.1) is 17.9 Å². The third-order valence-corrected chi connectivity index (χ3v) is 4.18. The van der Waals surface area contributed by atoms with Crippen LogP contribution in [0.25, 0.3) is 0 Å². The molecule has 0 aromatic carbocycles. The third-order valence-electron chi connectivity index (χ3n) is 4.18. The Morgan fingerprint density at radius 3 is 2.65 bits per heavy atom. The Morgan fingerprint density at radius 1 is 1.35 bits per heavy atom. The van der Waals surface area contributed by atoms with Crippen LogP contribution in [-0.4, -0.2) is 31.1 Å². The quantitative estimate of drug-likeness (QED) is 0.618. The van der Waals surface area contributed by atoms with Gasteiger partial charge in [-0.3, -0.25) is 9.59 Å².